The Hall–Kier alpha value is -3.58. The van der Waals surface area contributed by atoms with E-state index < -0.39 is 0 Å². The van der Waals surface area contributed by atoms with Crippen LogP contribution in [-0.2, 0) is 6.42 Å². The lowest BCUT2D eigenvalue weighted by Gasteiger charge is -2.29. The Labute approximate surface area is 182 Å². The van der Waals surface area contributed by atoms with E-state index >= 15 is 0 Å². The molecule has 0 saturated heterocycles. The standard InChI is InChI=1S/C30H24O/c1-30(20-23-10-6-9-21-8-2-3-11-24(21)23)18-16-22(17-19-30)25-13-7-14-27-26-12-4-5-15-28(26)31-29(25)27/h2-18H,19-20H2,1H3. The van der Waals surface area contributed by atoms with Gasteiger partial charge in [0.2, 0.25) is 0 Å². The number of hydrogen-bond acceptors (Lipinski definition) is 1. The highest BCUT2D eigenvalue weighted by Gasteiger charge is 2.25. The fraction of sp³-hybridized carbons (Fsp3) is 0.133. The predicted molar refractivity (Wildman–Crippen MR) is 131 cm³/mol. The third kappa shape index (κ3) is 3.09. The molecule has 1 aromatic heterocycles. The molecule has 0 N–H and O–H groups in total. The van der Waals surface area contributed by atoms with Crippen molar-refractivity contribution in [3.63, 3.8) is 0 Å². The van der Waals surface area contributed by atoms with Gasteiger partial charge in [-0.25, -0.2) is 0 Å². The van der Waals surface area contributed by atoms with Crippen LogP contribution in [0.1, 0.15) is 24.5 Å². The molecule has 4 aromatic carbocycles. The highest BCUT2D eigenvalue weighted by molar-refractivity contribution is 6.08. The topological polar surface area (TPSA) is 13.1 Å². The van der Waals surface area contributed by atoms with E-state index in [9.17, 15) is 0 Å². The zero-order valence-corrected chi connectivity index (χ0v) is 17.6. The van der Waals surface area contributed by atoms with Crippen LogP contribution in [0.2, 0.25) is 0 Å². The van der Waals surface area contributed by atoms with Crippen LogP contribution in [0.5, 0.6) is 0 Å². The number of allylic oxidation sites excluding steroid dienone is 4. The van der Waals surface area contributed by atoms with Crippen LogP contribution >= 0.6 is 0 Å². The Bertz CT molecular complexity index is 1490. The van der Waals surface area contributed by atoms with Crippen LogP contribution in [0, 0.1) is 5.41 Å². The van der Waals surface area contributed by atoms with Crippen LogP contribution in [0.15, 0.2) is 108 Å². The summed E-state index contributed by atoms with van der Waals surface area (Å²) in [4.78, 5) is 0. The van der Waals surface area contributed by atoms with Crippen molar-refractivity contribution < 1.29 is 4.42 Å². The smallest absolute Gasteiger partial charge is 0.143 e. The van der Waals surface area contributed by atoms with Crippen molar-refractivity contribution in [1.82, 2.24) is 0 Å². The highest BCUT2D eigenvalue weighted by Crippen LogP contribution is 2.40. The van der Waals surface area contributed by atoms with Crippen molar-refractivity contribution in [2.45, 2.75) is 19.8 Å². The number of rotatable bonds is 3. The molecule has 1 heterocycles. The van der Waals surface area contributed by atoms with Crippen molar-refractivity contribution in [2.24, 2.45) is 5.41 Å². The van der Waals surface area contributed by atoms with Gasteiger partial charge in [0, 0.05) is 16.3 Å². The van der Waals surface area contributed by atoms with Gasteiger partial charge in [0.05, 0.1) is 0 Å². The molecule has 1 aliphatic carbocycles. The summed E-state index contributed by atoms with van der Waals surface area (Å²) >= 11 is 0. The van der Waals surface area contributed by atoms with Gasteiger partial charge >= 0.3 is 0 Å². The maximum atomic E-state index is 6.26. The lowest BCUT2D eigenvalue weighted by molar-refractivity contribution is 0.429. The summed E-state index contributed by atoms with van der Waals surface area (Å²) in [6.07, 6.45) is 9.11. The highest BCUT2D eigenvalue weighted by atomic mass is 16.3. The van der Waals surface area contributed by atoms with Gasteiger partial charge in [-0.15, -0.1) is 0 Å². The molecule has 0 saturated carbocycles. The van der Waals surface area contributed by atoms with Crippen molar-refractivity contribution in [2.75, 3.05) is 0 Å². The van der Waals surface area contributed by atoms with Gasteiger partial charge in [-0.05, 0) is 46.2 Å². The molecule has 1 nitrogen and oxygen atoms in total. The summed E-state index contributed by atoms with van der Waals surface area (Å²) in [5, 5.41) is 5.05. The largest absolute Gasteiger partial charge is 0.455 e. The molecule has 0 amide bonds. The molecule has 150 valence electrons. The molecule has 0 radical (unpaired) electrons. The first-order valence-electron chi connectivity index (χ1n) is 11.0. The fourth-order valence-corrected chi connectivity index (χ4v) is 4.96. The van der Waals surface area contributed by atoms with Crippen molar-refractivity contribution in [3.05, 3.63) is 114 Å². The Morgan fingerprint density at radius 1 is 0.774 bits per heavy atom. The van der Waals surface area contributed by atoms with Gasteiger partial charge in [-0.2, -0.15) is 0 Å². The first kappa shape index (κ1) is 18.2. The number of para-hydroxylation sites is 2. The Morgan fingerprint density at radius 2 is 1.52 bits per heavy atom. The van der Waals surface area contributed by atoms with Gasteiger partial charge in [0.25, 0.3) is 0 Å². The van der Waals surface area contributed by atoms with E-state index in [1.54, 1.807) is 0 Å². The van der Waals surface area contributed by atoms with Crippen LogP contribution in [0.3, 0.4) is 0 Å². The SMILES string of the molecule is CC1(Cc2cccc3ccccc23)C=CC(c2cccc3c2oc2ccccc23)=CC1. The second-order valence-corrected chi connectivity index (χ2v) is 8.95. The van der Waals surface area contributed by atoms with Crippen LogP contribution in [-0.4, -0.2) is 0 Å². The van der Waals surface area contributed by atoms with E-state index in [4.69, 9.17) is 4.42 Å². The van der Waals surface area contributed by atoms with E-state index in [0.717, 1.165) is 24.0 Å². The zero-order chi connectivity index (χ0) is 20.8. The molecule has 5 aromatic rings. The monoisotopic (exact) mass is 400 g/mol. The predicted octanol–water partition coefficient (Wildman–Crippen LogP) is 8.33. The molecule has 1 unspecified atom stereocenters. The molecule has 0 bridgehead atoms. The second kappa shape index (κ2) is 6.99. The van der Waals surface area contributed by atoms with Crippen LogP contribution in [0.25, 0.3) is 38.3 Å². The van der Waals surface area contributed by atoms with E-state index in [1.807, 2.05) is 12.1 Å². The van der Waals surface area contributed by atoms with Gasteiger partial charge in [-0.1, -0.05) is 104 Å². The summed E-state index contributed by atoms with van der Waals surface area (Å²) in [5.74, 6) is 0. The van der Waals surface area contributed by atoms with Crippen LogP contribution < -0.4 is 0 Å². The summed E-state index contributed by atoms with van der Waals surface area (Å²) in [7, 11) is 0. The van der Waals surface area contributed by atoms with Gasteiger partial charge in [0.1, 0.15) is 11.2 Å². The quantitative estimate of drug-likeness (QED) is 0.297. The first-order valence-corrected chi connectivity index (χ1v) is 11.0. The molecular weight excluding hydrogens is 376 g/mol. The molecule has 31 heavy (non-hydrogen) atoms. The fourth-order valence-electron chi connectivity index (χ4n) is 4.96. The van der Waals surface area contributed by atoms with Crippen molar-refractivity contribution in [1.29, 1.82) is 0 Å². The number of benzene rings is 4. The maximum absolute atomic E-state index is 6.26. The molecule has 0 spiro atoms. The van der Waals surface area contributed by atoms with E-state index in [-0.39, 0.29) is 5.41 Å². The number of fused-ring (bicyclic) bond motifs is 4. The molecule has 1 atom stereocenters. The van der Waals surface area contributed by atoms with Crippen molar-refractivity contribution >= 4 is 38.3 Å². The zero-order valence-electron chi connectivity index (χ0n) is 17.6. The minimum atomic E-state index is 0.107. The average Bonchev–Trinajstić information content (AvgIpc) is 3.19. The summed E-state index contributed by atoms with van der Waals surface area (Å²) < 4.78 is 6.26. The molecule has 0 fully saturated rings. The minimum absolute atomic E-state index is 0.107. The third-order valence-corrected chi connectivity index (χ3v) is 6.64. The molecular formula is C30H24O. The second-order valence-electron chi connectivity index (χ2n) is 8.95. The van der Waals surface area contributed by atoms with Gasteiger partial charge in [-0.3, -0.25) is 0 Å². The summed E-state index contributed by atoms with van der Waals surface area (Å²) in [6, 6.07) is 30.1. The minimum Gasteiger partial charge on any atom is -0.455 e. The number of furan rings is 1. The normalized spacial score (nSPS) is 18.7. The molecule has 6 rings (SSSR count). The van der Waals surface area contributed by atoms with Crippen LogP contribution in [0.4, 0.5) is 0 Å². The Balaban J connectivity index is 1.34. The summed E-state index contributed by atoms with van der Waals surface area (Å²) in [6.45, 7) is 2.36. The van der Waals surface area contributed by atoms with E-state index in [0.29, 0.717) is 0 Å². The lowest BCUT2D eigenvalue weighted by atomic mass is 9.75. The molecule has 0 aliphatic heterocycles. The average molecular weight is 401 g/mol. The summed E-state index contributed by atoms with van der Waals surface area (Å²) in [5.41, 5.74) is 5.89. The van der Waals surface area contributed by atoms with E-state index in [2.05, 4.69) is 97.9 Å². The number of hydrogen-bond donors (Lipinski definition) is 0. The molecule has 1 aliphatic rings. The van der Waals surface area contributed by atoms with Crippen molar-refractivity contribution in [3.8, 4) is 0 Å². The Kier molecular flexibility index (Phi) is 4.11. The van der Waals surface area contributed by atoms with Gasteiger partial charge < -0.3 is 4.42 Å². The Morgan fingerprint density at radius 3 is 2.39 bits per heavy atom. The molecule has 1 heteroatoms. The lowest BCUT2D eigenvalue weighted by Crippen LogP contribution is -2.18. The first-order chi connectivity index (χ1) is 15.2. The maximum Gasteiger partial charge on any atom is 0.143 e. The third-order valence-electron chi connectivity index (χ3n) is 6.64. The van der Waals surface area contributed by atoms with E-state index in [1.165, 1.54) is 38.2 Å². The van der Waals surface area contributed by atoms with Gasteiger partial charge in [0.15, 0.2) is 0 Å².